The maximum Gasteiger partial charge on any atom is 0.0731 e. The lowest BCUT2D eigenvalue weighted by Crippen LogP contribution is -1.95. The minimum absolute atomic E-state index is 0.532. The minimum atomic E-state index is 0.532. The molecule has 0 radical (unpaired) electrons. The topological polar surface area (TPSA) is 9.23 Å². The van der Waals surface area contributed by atoms with Gasteiger partial charge in [0.25, 0.3) is 0 Å². The van der Waals surface area contributed by atoms with E-state index in [1.165, 1.54) is 22.0 Å². The quantitative estimate of drug-likeness (QED) is 0.753. The van der Waals surface area contributed by atoms with Crippen LogP contribution in [0, 0.1) is 3.57 Å². The van der Waals surface area contributed by atoms with Crippen molar-refractivity contribution in [1.29, 1.82) is 0 Å². The average Bonchev–Trinajstić information content (AvgIpc) is 2.90. The lowest BCUT2D eigenvalue weighted by atomic mass is 10.2. The van der Waals surface area contributed by atoms with E-state index in [0.717, 1.165) is 11.1 Å². The van der Waals surface area contributed by atoms with Gasteiger partial charge in [0.1, 0.15) is 0 Å². The van der Waals surface area contributed by atoms with Crippen molar-refractivity contribution in [2.24, 2.45) is 0 Å². The fourth-order valence-electron chi connectivity index (χ4n) is 1.10. The number of hydrogen-bond acceptors (Lipinski definition) is 1. The van der Waals surface area contributed by atoms with Crippen molar-refractivity contribution in [3.8, 4) is 0 Å². The van der Waals surface area contributed by atoms with Crippen LogP contribution in [0.15, 0.2) is 22.7 Å². The van der Waals surface area contributed by atoms with Gasteiger partial charge in [-0.25, -0.2) is 0 Å². The van der Waals surface area contributed by atoms with Gasteiger partial charge >= 0.3 is 0 Å². The molecule has 13 heavy (non-hydrogen) atoms. The normalized spacial score (nSPS) is 16.2. The van der Waals surface area contributed by atoms with Gasteiger partial charge in [0.15, 0.2) is 0 Å². The molecule has 0 aliphatic heterocycles. The Balaban J connectivity index is 2.03. The third-order valence-electron chi connectivity index (χ3n) is 2.01. The van der Waals surface area contributed by atoms with E-state index in [2.05, 4.69) is 56.7 Å². The fraction of sp³-hybridized carbons (Fsp3) is 0.400. The summed E-state index contributed by atoms with van der Waals surface area (Å²) in [7, 11) is 0. The molecule has 0 bridgehead atoms. The second kappa shape index (κ2) is 4.28. The third kappa shape index (κ3) is 2.92. The van der Waals surface area contributed by atoms with Crippen molar-refractivity contribution in [2.45, 2.75) is 25.6 Å². The molecule has 1 aliphatic carbocycles. The van der Waals surface area contributed by atoms with Gasteiger partial charge < -0.3 is 4.74 Å². The predicted molar refractivity (Wildman–Crippen MR) is 64.7 cm³/mol. The summed E-state index contributed by atoms with van der Waals surface area (Å²) >= 11 is 5.84. The highest BCUT2D eigenvalue weighted by Crippen LogP contribution is 2.27. The maximum absolute atomic E-state index is 5.64. The standard InChI is InChI=1S/C10H10BrIO/c11-10-4-1-8(12)5-7(10)6-13-9-2-3-9/h1,4-5,9H,2-3,6H2. The molecular weight excluding hydrogens is 343 g/mol. The number of hydrogen-bond donors (Lipinski definition) is 0. The summed E-state index contributed by atoms with van der Waals surface area (Å²) in [6.45, 7) is 0.738. The van der Waals surface area contributed by atoms with E-state index in [9.17, 15) is 0 Å². The highest BCUT2D eigenvalue weighted by Gasteiger charge is 2.22. The Morgan fingerprint density at radius 2 is 2.23 bits per heavy atom. The van der Waals surface area contributed by atoms with E-state index in [1.807, 2.05) is 0 Å². The van der Waals surface area contributed by atoms with Crippen molar-refractivity contribution in [2.75, 3.05) is 0 Å². The van der Waals surface area contributed by atoms with Gasteiger partial charge in [0, 0.05) is 8.04 Å². The molecule has 1 aromatic rings. The lowest BCUT2D eigenvalue weighted by molar-refractivity contribution is 0.105. The summed E-state index contributed by atoms with van der Waals surface area (Å²) in [5.74, 6) is 0. The van der Waals surface area contributed by atoms with Gasteiger partial charge in [-0.2, -0.15) is 0 Å². The molecule has 1 aliphatic rings. The number of benzene rings is 1. The first-order valence-corrected chi connectivity index (χ1v) is 6.18. The van der Waals surface area contributed by atoms with Gasteiger partial charge in [-0.3, -0.25) is 0 Å². The Bertz CT molecular complexity index is 310. The zero-order valence-electron chi connectivity index (χ0n) is 7.09. The monoisotopic (exact) mass is 352 g/mol. The summed E-state index contributed by atoms with van der Waals surface area (Å²) in [5, 5.41) is 0. The van der Waals surface area contributed by atoms with E-state index in [4.69, 9.17) is 4.74 Å². The molecule has 0 heterocycles. The molecule has 1 aromatic carbocycles. The first kappa shape index (κ1) is 9.93. The van der Waals surface area contributed by atoms with Crippen LogP contribution in [0.1, 0.15) is 18.4 Å². The molecule has 0 saturated heterocycles. The second-order valence-electron chi connectivity index (χ2n) is 3.25. The SMILES string of the molecule is Brc1ccc(I)cc1COC1CC1. The molecule has 1 fully saturated rings. The molecule has 0 aromatic heterocycles. The van der Waals surface area contributed by atoms with E-state index in [-0.39, 0.29) is 0 Å². The summed E-state index contributed by atoms with van der Waals surface area (Å²) in [5.41, 5.74) is 1.25. The summed E-state index contributed by atoms with van der Waals surface area (Å²) in [6, 6.07) is 6.33. The average molecular weight is 353 g/mol. The number of ether oxygens (including phenoxy) is 1. The Hall–Kier alpha value is 0.390. The summed E-state index contributed by atoms with van der Waals surface area (Å²) in [6.07, 6.45) is 3.01. The third-order valence-corrected chi connectivity index (χ3v) is 3.45. The Morgan fingerprint density at radius 3 is 2.92 bits per heavy atom. The van der Waals surface area contributed by atoms with Gasteiger partial charge in [-0.1, -0.05) is 15.9 Å². The molecule has 0 atom stereocenters. The highest BCUT2D eigenvalue weighted by molar-refractivity contribution is 14.1. The zero-order chi connectivity index (χ0) is 9.26. The van der Waals surface area contributed by atoms with Crippen LogP contribution in [0.4, 0.5) is 0 Å². The van der Waals surface area contributed by atoms with Gasteiger partial charge in [0.2, 0.25) is 0 Å². The van der Waals surface area contributed by atoms with Crippen LogP contribution >= 0.6 is 38.5 Å². The van der Waals surface area contributed by atoms with E-state index in [1.54, 1.807) is 0 Å². The van der Waals surface area contributed by atoms with Crippen molar-refractivity contribution >= 4 is 38.5 Å². The molecule has 0 N–H and O–H groups in total. The molecule has 3 heteroatoms. The molecule has 0 spiro atoms. The van der Waals surface area contributed by atoms with Crippen LogP contribution < -0.4 is 0 Å². The Labute approximate surface area is 100 Å². The van der Waals surface area contributed by atoms with Crippen LogP contribution in [-0.4, -0.2) is 6.10 Å². The first-order valence-electron chi connectivity index (χ1n) is 4.31. The van der Waals surface area contributed by atoms with Crippen molar-refractivity contribution in [1.82, 2.24) is 0 Å². The second-order valence-corrected chi connectivity index (χ2v) is 5.35. The predicted octanol–water partition coefficient (Wildman–Crippen LogP) is 3.73. The van der Waals surface area contributed by atoms with Crippen LogP contribution in [0.3, 0.4) is 0 Å². The largest absolute Gasteiger partial charge is 0.373 e. The summed E-state index contributed by atoms with van der Waals surface area (Å²) < 4.78 is 8.05. The van der Waals surface area contributed by atoms with Gasteiger partial charge in [0.05, 0.1) is 12.7 Å². The minimum Gasteiger partial charge on any atom is -0.373 e. The molecular formula is C10H10BrIO. The molecule has 2 rings (SSSR count). The molecule has 1 saturated carbocycles. The lowest BCUT2D eigenvalue weighted by Gasteiger charge is -2.05. The van der Waals surface area contributed by atoms with Crippen LogP contribution in [-0.2, 0) is 11.3 Å². The van der Waals surface area contributed by atoms with Crippen LogP contribution in [0.25, 0.3) is 0 Å². The van der Waals surface area contributed by atoms with Crippen molar-refractivity contribution in [3.63, 3.8) is 0 Å². The molecule has 70 valence electrons. The zero-order valence-corrected chi connectivity index (χ0v) is 10.8. The number of rotatable bonds is 3. The molecule has 0 unspecified atom stereocenters. The smallest absolute Gasteiger partial charge is 0.0731 e. The highest BCUT2D eigenvalue weighted by atomic mass is 127. The van der Waals surface area contributed by atoms with E-state index in [0.29, 0.717) is 6.10 Å². The van der Waals surface area contributed by atoms with Gasteiger partial charge in [-0.15, -0.1) is 0 Å². The van der Waals surface area contributed by atoms with Crippen LogP contribution in [0.2, 0.25) is 0 Å². The van der Waals surface area contributed by atoms with E-state index >= 15 is 0 Å². The van der Waals surface area contributed by atoms with Crippen molar-refractivity contribution < 1.29 is 4.74 Å². The summed E-state index contributed by atoms with van der Waals surface area (Å²) in [4.78, 5) is 0. The molecule has 0 amide bonds. The maximum atomic E-state index is 5.64. The Morgan fingerprint density at radius 1 is 1.46 bits per heavy atom. The Kier molecular flexibility index (Phi) is 3.26. The number of halogens is 2. The van der Waals surface area contributed by atoms with E-state index < -0.39 is 0 Å². The first-order chi connectivity index (χ1) is 6.25. The fourth-order valence-corrected chi connectivity index (χ4v) is 2.01. The van der Waals surface area contributed by atoms with Gasteiger partial charge in [-0.05, 0) is 59.2 Å². The molecule has 1 nitrogen and oxygen atoms in total. The van der Waals surface area contributed by atoms with Crippen LogP contribution in [0.5, 0.6) is 0 Å². The van der Waals surface area contributed by atoms with Crippen molar-refractivity contribution in [3.05, 3.63) is 31.8 Å².